The van der Waals surface area contributed by atoms with E-state index in [-0.39, 0.29) is 5.52 Å². The van der Waals surface area contributed by atoms with Crippen molar-refractivity contribution in [1.82, 2.24) is 19.7 Å². The fraction of sp³-hybridized carbons (Fsp3) is 0. The van der Waals surface area contributed by atoms with Crippen LogP contribution in [-0.2, 0) is 0 Å². The topological polar surface area (TPSA) is 52.8 Å². The number of halogens is 1. The number of aromatic nitrogens is 4. The van der Waals surface area contributed by atoms with Crippen molar-refractivity contribution in [3.8, 4) is 17.3 Å². The fourth-order valence-corrected chi connectivity index (χ4v) is 2.31. The first-order valence-corrected chi connectivity index (χ1v) is 6.98. The first-order valence-electron chi connectivity index (χ1n) is 6.98. The van der Waals surface area contributed by atoms with E-state index in [2.05, 4.69) is 15.1 Å². The van der Waals surface area contributed by atoms with Crippen molar-refractivity contribution in [2.75, 3.05) is 0 Å². The maximum atomic E-state index is 13.8. The second-order valence-corrected chi connectivity index (χ2v) is 4.86. The molecule has 0 N–H and O–H groups in total. The lowest BCUT2D eigenvalue weighted by molar-refractivity contribution is 0.467. The Balaban J connectivity index is 1.67. The first-order chi connectivity index (χ1) is 11.3. The molecule has 4 aromatic rings. The summed E-state index contributed by atoms with van der Waals surface area (Å²) in [6.45, 7) is 0. The summed E-state index contributed by atoms with van der Waals surface area (Å²) in [6.07, 6.45) is 4.86. The molecule has 5 nitrogen and oxygen atoms in total. The number of fused-ring (bicyclic) bond motifs is 1. The van der Waals surface area contributed by atoms with Gasteiger partial charge in [0.1, 0.15) is 23.4 Å². The molecule has 0 radical (unpaired) electrons. The summed E-state index contributed by atoms with van der Waals surface area (Å²) in [5.74, 6) is 0.523. The van der Waals surface area contributed by atoms with Gasteiger partial charge in [0, 0.05) is 12.4 Å². The third kappa shape index (κ3) is 2.50. The first kappa shape index (κ1) is 13.4. The van der Waals surface area contributed by atoms with Gasteiger partial charge in [-0.2, -0.15) is 5.10 Å². The van der Waals surface area contributed by atoms with Gasteiger partial charge in [0.05, 0.1) is 11.1 Å². The van der Waals surface area contributed by atoms with Crippen LogP contribution in [0.15, 0.2) is 67.3 Å². The molecule has 0 saturated carbocycles. The summed E-state index contributed by atoms with van der Waals surface area (Å²) < 4.78 is 21.3. The number of rotatable bonds is 3. The van der Waals surface area contributed by atoms with E-state index in [9.17, 15) is 4.39 Å². The van der Waals surface area contributed by atoms with Gasteiger partial charge in [-0.25, -0.2) is 19.0 Å². The van der Waals surface area contributed by atoms with Crippen molar-refractivity contribution in [3.63, 3.8) is 0 Å². The van der Waals surface area contributed by atoms with Gasteiger partial charge in [-0.05, 0) is 42.5 Å². The summed E-state index contributed by atoms with van der Waals surface area (Å²) in [7, 11) is 0. The minimum atomic E-state index is -0.399. The van der Waals surface area contributed by atoms with Crippen LogP contribution in [0, 0.1) is 5.82 Å². The average Bonchev–Trinajstić information content (AvgIpc) is 3.11. The molecule has 0 amide bonds. The van der Waals surface area contributed by atoms with Gasteiger partial charge in [0.25, 0.3) is 0 Å². The van der Waals surface area contributed by atoms with Gasteiger partial charge in [-0.1, -0.05) is 6.07 Å². The van der Waals surface area contributed by atoms with E-state index in [4.69, 9.17) is 4.74 Å². The normalized spacial score (nSPS) is 10.8. The minimum absolute atomic E-state index is 0.241. The lowest BCUT2D eigenvalue weighted by atomic mass is 10.2. The van der Waals surface area contributed by atoms with Crippen LogP contribution < -0.4 is 4.74 Å². The molecule has 0 aliphatic carbocycles. The Morgan fingerprint density at radius 2 is 1.83 bits per heavy atom. The molecule has 2 aromatic carbocycles. The molecule has 0 bridgehead atoms. The highest BCUT2D eigenvalue weighted by molar-refractivity contribution is 5.83. The summed E-state index contributed by atoms with van der Waals surface area (Å²) in [5, 5.41) is 4.70. The van der Waals surface area contributed by atoms with Gasteiger partial charge in [-0.3, -0.25) is 0 Å². The van der Waals surface area contributed by atoms with Crippen molar-refractivity contribution < 1.29 is 9.13 Å². The molecule has 0 fully saturated rings. The van der Waals surface area contributed by atoms with E-state index in [1.165, 1.54) is 12.4 Å². The maximum Gasteiger partial charge on any atom is 0.230 e. The molecule has 0 spiro atoms. The molecule has 112 valence electrons. The van der Waals surface area contributed by atoms with Crippen molar-refractivity contribution in [1.29, 1.82) is 0 Å². The second-order valence-electron chi connectivity index (χ2n) is 4.86. The second kappa shape index (κ2) is 5.49. The molecule has 0 atom stereocenters. The lowest BCUT2D eigenvalue weighted by Gasteiger charge is -2.08. The highest BCUT2D eigenvalue weighted by atomic mass is 19.1. The molecule has 0 aliphatic rings. The zero-order valence-corrected chi connectivity index (χ0v) is 11.9. The molecular weight excluding hydrogens is 295 g/mol. The molecule has 0 aliphatic heterocycles. The summed E-state index contributed by atoms with van der Waals surface area (Å²) in [5.41, 5.74) is 1.16. The molecule has 2 heterocycles. The highest BCUT2D eigenvalue weighted by Crippen LogP contribution is 2.28. The molecular formula is C17H11FN4O. The lowest BCUT2D eigenvalue weighted by Crippen LogP contribution is -1.95. The van der Waals surface area contributed by atoms with Crippen LogP contribution in [0.5, 0.6) is 11.6 Å². The smallest absolute Gasteiger partial charge is 0.230 e. The van der Waals surface area contributed by atoms with Crippen molar-refractivity contribution >= 4 is 10.9 Å². The molecule has 0 saturated heterocycles. The predicted molar refractivity (Wildman–Crippen MR) is 83.1 cm³/mol. The van der Waals surface area contributed by atoms with Gasteiger partial charge in [-0.15, -0.1) is 0 Å². The summed E-state index contributed by atoms with van der Waals surface area (Å²) in [6, 6.07) is 13.9. The third-order valence-electron chi connectivity index (χ3n) is 3.40. The van der Waals surface area contributed by atoms with Crippen LogP contribution in [0.2, 0.25) is 0 Å². The zero-order chi connectivity index (χ0) is 15.6. The van der Waals surface area contributed by atoms with Crippen molar-refractivity contribution in [2.24, 2.45) is 0 Å². The molecule has 6 heteroatoms. The largest absolute Gasteiger partial charge is 0.438 e. The Hall–Kier alpha value is -3.28. The van der Waals surface area contributed by atoms with Crippen LogP contribution in [-0.4, -0.2) is 19.7 Å². The Morgan fingerprint density at radius 1 is 0.957 bits per heavy atom. The Bertz CT molecular complexity index is 952. The van der Waals surface area contributed by atoms with Crippen molar-refractivity contribution in [3.05, 3.63) is 73.1 Å². The number of nitrogens with zero attached hydrogens (tertiary/aromatic N) is 4. The number of hydrogen-bond acceptors (Lipinski definition) is 4. The Kier molecular flexibility index (Phi) is 3.20. The monoisotopic (exact) mass is 306 g/mol. The molecule has 2 aromatic heterocycles. The summed E-state index contributed by atoms with van der Waals surface area (Å²) >= 11 is 0. The molecule has 4 rings (SSSR count). The van der Waals surface area contributed by atoms with Crippen LogP contribution in [0.4, 0.5) is 4.39 Å². The van der Waals surface area contributed by atoms with E-state index < -0.39 is 5.82 Å². The van der Waals surface area contributed by atoms with Crippen LogP contribution in [0.1, 0.15) is 0 Å². The van der Waals surface area contributed by atoms with Crippen molar-refractivity contribution in [2.45, 2.75) is 0 Å². The SMILES string of the molecule is Fc1cccc2c(Oc3ccc(-n4cccn4)cc3)ncnc12. The van der Waals surface area contributed by atoms with E-state index in [1.54, 1.807) is 23.0 Å². The average molecular weight is 306 g/mol. The fourth-order valence-electron chi connectivity index (χ4n) is 2.31. The van der Waals surface area contributed by atoms with Crippen LogP contribution in [0.25, 0.3) is 16.6 Å². The third-order valence-corrected chi connectivity index (χ3v) is 3.40. The van der Waals surface area contributed by atoms with Gasteiger partial charge < -0.3 is 4.74 Å². The number of hydrogen-bond donors (Lipinski definition) is 0. The quantitative estimate of drug-likeness (QED) is 0.578. The van der Waals surface area contributed by atoms with Gasteiger partial charge in [0.15, 0.2) is 0 Å². The maximum absolute atomic E-state index is 13.8. The Morgan fingerprint density at radius 3 is 2.61 bits per heavy atom. The molecule has 0 unspecified atom stereocenters. The van der Waals surface area contributed by atoms with E-state index in [0.717, 1.165) is 5.69 Å². The number of para-hydroxylation sites is 1. The zero-order valence-electron chi connectivity index (χ0n) is 11.9. The van der Waals surface area contributed by atoms with Crippen LogP contribution in [0.3, 0.4) is 0 Å². The predicted octanol–water partition coefficient (Wildman–Crippen LogP) is 3.75. The Labute approximate surface area is 131 Å². The molecule has 23 heavy (non-hydrogen) atoms. The number of ether oxygens (including phenoxy) is 1. The van der Waals surface area contributed by atoms with Gasteiger partial charge in [0.2, 0.25) is 5.88 Å². The highest BCUT2D eigenvalue weighted by Gasteiger charge is 2.09. The summed E-state index contributed by atoms with van der Waals surface area (Å²) in [4.78, 5) is 8.05. The van der Waals surface area contributed by atoms with E-state index >= 15 is 0 Å². The minimum Gasteiger partial charge on any atom is -0.438 e. The van der Waals surface area contributed by atoms with Gasteiger partial charge >= 0.3 is 0 Å². The standard InChI is InChI=1S/C17H11FN4O/c18-15-4-1-3-14-16(15)19-11-20-17(14)23-13-7-5-12(6-8-13)22-10-2-9-21-22/h1-11H. The van der Waals surface area contributed by atoms with E-state index in [1.807, 2.05) is 36.5 Å². The van der Waals surface area contributed by atoms with Crippen LogP contribution >= 0.6 is 0 Å². The van der Waals surface area contributed by atoms with E-state index in [0.29, 0.717) is 17.0 Å². The number of benzene rings is 2.